The third-order valence-corrected chi connectivity index (χ3v) is 3.55. The first-order valence-electron chi connectivity index (χ1n) is 5.93. The second kappa shape index (κ2) is 4.97. The summed E-state index contributed by atoms with van der Waals surface area (Å²) in [5.41, 5.74) is 0.502. The molecule has 1 nitrogen and oxygen atoms in total. The van der Waals surface area contributed by atoms with E-state index in [2.05, 4.69) is 32.7 Å². The summed E-state index contributed by atoms with van der Waals surface area (Å²) in [6, 6.07) is 1.36. The van der Waals surface area contributed by atoms with E-state index in [1.807, 2.05) is 6.08 Å². The predicted octanol–water partition coefficient (Wildman–Crippen LogP) is 3.51. The molecular formula is C13H25N. The molecular weight excluding hydrogens is 170 g/mol. The van der Waals surface area contributed by atoms with E-state index in [-0.39, 0.29) is 0 Å². The summed E-state index contributed by atoms with van der Waals surface area (Å²) in [6.45, 7) is 10.8. The van der Waals surface area contributed by atoms with E-state index in [1.54, 1.807) is 0 Å². The maximum atomic E-state index is 3.77. The monoisotopic (exact) mass is 195 g/mol. The molecule has 0 bridgehead atoms. The van der Waals surface area contributed by atoms with Gasteiger partial charge in [-0.1, -0.05) is 26.3 Å². The van der Waals surface area contributed by atoms with E-state index >= 15 is 0 Å². The van der Waals surface area contributed by atoms with Crippen LogP contribution in [0.3, 0.4) is 0 Å². The smallest absolute Gasteiger partial charge is 0.0121 e. The third kappa shape index (κ3) is 3.13. The lowest BCUT2D eigenvalue weighted by Gasteiger charge is -2.30. The zero-order valence-corrected chi connectivity index (χ0v) is 9.97. The first kappa shape index (κ1) is 11.8. The summed E-state index contributed by atoms with van der Waals surface area (Å²) in [6.07, 6.45) is 8.47. The predicted molar refractivity (Wildman–Crippen MR) is 63.4 cm³/mol. The number of hydrogen-bond donors (Lipinski definition) is 1. The Labute approximate surface area is 89.0 Å². The van der Waals surface area contributed by atoms with Crippen LogP contribution in [0, 0.1) is 5.41 Å². The zero-order valence-electron chi connectivity index (χ0n) is 9.97. The Morgan fingerprint density at radius 1 is 1.57 bits per heavy atom. The first-order chi connectivity index (χ1) is 6.56. The van der Waals surface area contributed by atoms with Gasteiger partial charge >= 0.3 is 0 Å². The van der Waals surface area contributed by atoms with Gasteiger partial charge in [0.25, 0.3) is 0 Å². The molecule has 14 heavy (non-hydrogen) atoms. The van der Waals surface area contributed by atoms with Crippen molar-refractivity contribution in [2.45, 2.75) is 65.0 Å². The van der Waals surface area contributed by atoms with Crippen molar-refractivity contribution in [1.82, 2.24) is 5.32 Å². The Morgan fingerprint density at radius 3 is 2.79 bits per heavy atom. The van der Waals surface area contributed by atoms with Crippen LogP contribution >= 0.6 is 0 Å². The van der Waals surface area contributed by atoms with E-state index in [4.69, 9.17) is 0 Å². The second-order valence-corrected chi connectivity index (χ2v) is 5.37. The summed E-state index contributed by atoms with van der Waals surface area (Å²) in [5.74, 6) is 0. The molecule has 0 heterocycles. The molecule has 2 atom stereocenters. The molecule has 0 aromatic heterocycles. The van der Waals surface area contributed by atoms with Crippen molar-refractivity contribution in [3.05, 3.63) is 12.7 Å². The highest BCUT2D eigenvalue weighted by atomic mass is 15.0. The Kier molecular flexibility index (Phi) is 4.18. The summed E-state index contributed by atoms with van der Waals surface area (Å²) < 4.78 is 0. The van der Waals surface area contributed by atoms with Crippen LogP contribution in [-0.2, 0) is 0 Å². The Balaban J connectivity index is 2.32. The van der Waals surface area contributed by atoms with Gasteiger partial charge in [-0.05, 0) is 38.0 Å². The molecule has 2 unspecified atom stereocenters. The average Bonchev–Trinajstić information content (AvgIpc) is 2.43. The van der Waals surface area contributed by atoms with Gasteiger partial charge in [0.05, 0.1) is 0 Å². The van der Waals surface area contributed by atoms with E-state index in [0.717, 1.165) is 12.5 Å². The van der Waals surface area contributed by atoms with Crippen molar-refractivity contribution >= 4 is 0 Å². The normalized spacial score (nSPS) is 27.5. The molecule has 1 saturated carbocycles. The lowest BCUT2D eigenvalue weighted by molar-refractivity contribution is 0.262. The van der Waals surface area contributed by atoms with Crippen LogP contribution in [0.1, 0.15) is 52.9 Å². The van der Waals surface area contributed by atoms with Crippen molar-refractivity contribution in [1.29, 1.82) is 0 Å². The van der Waals surface area contributed by atoms with Gasteiger partial charge in [0.15, 0.2) is 0 Å². The van der Waals surface area contributed by atoms with E-state index in [9.17, 15) is 0 Å². The summed E-state index contributed by atoms with van der Waals surface area (Å²) >= 11 is 0. The lowest BCUT2D eigenvalue weighted by Crippen LogP contribution is -2.42. The topological polar surface area (TPSA) is 12.0 Å². The second-order valence-electron chi connectivity index (χ2n) is 5.37. The molecule has 1 aliphatic carbocycles. The molecule has 0 radical (unpaired) electrons. The Morgan fingerprint density at radius 2 is 2.29 bits per heavy atom. The summed E-state index contributed by atoms with van der Waals surface area (Å²) in [7, 11) is 0. The largest absolute Gasteiger partial charge is 0.311 e. The minimum atomic E-state index is 0.502. The quantitative estimate of drug-likeness (QED) is 0.662. The SMILES string of the molecule is C=CCCC(C)NC1CCCC1(C)C. The fraction of sp³-hybridized carbons (Fsp3) is 0.846. The maximum Gasteiger partial charge on any atom is 0.0121 e. The molecule has 0 amide bonds. The minimum Gasteiger partial charge on any atom is -0.311 e. The highest BCUT2D eigenvalue weighted by Crippen LogP contribution is 2.37. The van der Waals surface area contributed by atoms with Gasteiger partial charge in [-0.15, -0.1) is 6.58 Å². The molecule has 1 fully saturated rings. The van der Waals surface area contributed by atoms with Crippen molar-refractivity contribution in [2.24, 2.45) is 5.41 Å². The molecule has 0 aliphatic heterocycles. The number of rotatable bonds is 5. The van der Waals surface area contributed by atoms with Gasteiger partial charge in [0.1, 0.15) is 0 Å². The van der Waals surface area contributed by atoms with Crippen LogP contribution in [0.4, 0.5) is 0 Å². The van der Waals surface area contributed by atoms with Crippen molar-refractivity contribution in [2.75, 3.05) is 0 Å². The van der Waals surface area contributed by atoms with Crippen LogP contribution < -0.4 is 5.32 Å². The standard InChI is InChI=1S/C13H25N/c1-5-6-8-11(2)14-12-9-7-10-13(12,3)4/h5,11-12,14H,1,6-10H2,2-4H3. The average molecular weight is 195 g/mol. The zero-order chi connectivity index (χ0) is 10.6. The minimum absolute atomic E-state index is 0.502. The summed E-state index contributed by atoms with van der Waals surface area (Å²) in [4.78, 5) is 0. The molecule has 1 aliphatic rings. The fourth-order valence-corrected chi connectivity index (χ4v) is 2.43. The molecule has 1 rings (SSSR count). The molecule has 1 heteroatoms. The van der Waals surface area contributed by atoms with E-state index in [0.29, 0.717) is 11.5 Å². The fourth-order valence-electron chi connectivity index (χ4n) is 2.43. The molecule has 0 saturated heterocycles. The van der Waals surface area contributed by atoms with Crippen molar-refractivity contribution in [3.8, 4) is 0 Å². The third-order valence-electron chi connectivity index (χ3n) is 3.55. The van der Waals surface area contributed by atoms with E-state index in [1.165, 1.54) is 25.7 Å². The Bertz CT molecular complexity index is 184. The van der Waals surface area contributed by atoms with Gasteiger partial charge in [-0.2, -0.15) is 0 Å². The molecule has 1 N–H and O–H groups in total. The van der Waals surface area contributed by atoms with Gasteiger partial charge in [-0.25, -0.2) is 0 Å². The van der Waals surface area contributed by atoms with Crippen LogP contribution in [0.25, 0.3) is 0 Å². The van der Waals surface area contributed by atoms with Crippen LogP contribution in [-0.4, -0.2) is 12.1 Å². The maximum absolute atomic E-state index is 3.77. The lowest BCUT2D eigenvalue weighted by atomic mass is 9.87. The van der Waals surface area contributed by atoms with Crippen LogP contribution in [0.15, 0.2) is 12.7 Å². The Hall–Kier alpha value is -0.300. The molecule has 0 aromatic carbocycles. The molecule has 82 valence electrons. The van der Waals surface area contributed by atoms with Crippen LogP contribution in [0.2, 0.25) is 0 Å². The molecule has 0 aromatic rings. The first-order valence-corrected chi connectivity index (χ1v) is 5.93. The molecule has 0 spiro atoms. The van der Waals surface area contributed by atoms with Gasteiger partial charge in [-0.3, -0.25) is 0 Å². The van der Waals surface area contributed by atoms with Crippen molar-refractivity contribution < 1.29 is 0 Å². The highest BCUT2D eigenvalue weighted by molar-refractivity contribution is 4.91. The van der Waals surface area contributed by atoms with Gasteiger partial charge < -0.3 is 5.32 Å². The van der Waals surface area contributed by atoms with E-state index < -0.39 is 0 Å². The van der Waals surface area contributed by atoms with Crippen molar-refractivity contribution in [3.63, 3.8) is 0 Å². The highest BCUT2D eigenvalue weighted by Gasteiger charge is 2.34. The van der Waals surface area contributed by atoms with Gasteiger partial charge in [0, 0.05) is 12.1 Å². The number of hydrogen-bond acceptors (Lipinski definition) is 1. The van der Waals surface area contributed by atoms with Crippen LogP contribution in [0.5, 0.6) is 0 Å². The number of nitrogens with one attached hydrogen (secondary N) is 1. The van der Waals surface area contributed by atoms with Gasteiger partial charge in [0.2, 0.25) is 0 Å². The summed E-state index contributed by atoms with van der Waals surface area (Å²) in [5, 5.41) is 3.76. The number of allylic oxidation sites excluding steroid dienone is 1.